The number of amides is 2. The lowest BCUT2D eigenvalue weighted by Crippen LogP contribution is -2.55. The maximum absolute atomic E-state index is 12.7. The topological polar surface area (TPSA) is 87.1 Å². The highest BCUT2D eigenvalue weighted by Gasteiger charge is 2.38. The van der Waals surface area contributed by atoms with Crippen LogP contribution in [0.5, 0.6) is 5.75 Å². The molecule has 1 heterocycles. The molecule has 8 heteroatoms. The molecule has 0 bridgehead atoms. The molecule has 1 aliphatic rings. The van der Waals surface area contributed by atoms with Crippen molar-refractivity contribution in [2.45, 2.75) is 26.9 Å². The van der Waals surface area contributed by atoms with Gasteiger partial charge in [0.15, 0.2) is 11.2 Å². The van der Waals surface area contributed by atoms with Crippen molar-refractivity contribution < 1.29 is 24.2 Å². The Kier molecular flexibility index (Phi) is 6.10. The van der Waals surface area contributed by atoms with Crippen LogP contribution in [0.15, 0.2) is 29.8 Å². The molecular weight excluding hydrogens is 356 g/mol. The molecule has 2 amide bonds. The van der Waals surface area contributed by atoms with Crippen LogP contribution in [-0.2, 0) is 14.4 Å². The summed E-state index contributed by atoms with van der Waals surface area (Å²) < 4.78 is 5.43. The maximum Gasteiger partial charge on any atom is 0.344 e. The second kappa shape index (κ2) is 8.09. The number of nitrogens with zero attached hydrogens (tertiary/aromatic N) is 2. The third-order valence-electron chi connectivity index (χ3n) is 3.92. The van der Waals surface area contributed by atoms with Crippen molar-refractivity contribution in [3.8, 4) is 5.75 Å². The first-order valence-electron chi connectivity index (χ1n) is 8.19. The van der Waals surface area contributed by atoms with Crippen molar-refractivity contribution in [1.29, 1.82) is 0 Å². The van der Waals surface area contributed by atoms with E-state index in [0.717, 1.165) is 0 Å². The number of ether oxygens (including phenoxy) is 1. The van der Waals surface area contributed by atoms with Crippen LogP contribution >= 0.6 is 12.2 Å². The standard InChI is InChI=1S/C18H20N2O5S/c1-4-19-15(21)13(16(22)20(5-2)18(19)26)10-12-8-6-7-9-14(12)25-11(3)17(23)24/h6-11H,4-5H2,1-3H3,(H,23,24)/t11-/m0/s1. The largest absolute Gasteiger partial charge is 0.479 e. The minimum atomic E-state index is -1.11. The highest BCUT2D eigenvalue weighted by Crippen LogP contribution is 2.26. The molecule has 1 atom stereocenters. The number of carboxylic acids is 1. The number of hydrogen-bond donors (Lipinski definition) is 1. The molecule has 0 spiro atoms. The van der Waals surface area contributed by atoms with Gasteiger partial charge >= 0.3 is 5.97 Å². The van der Waals surface area contributed by atoms with Gasteiger partial charge in [0.1, 0.15) is 11.3 Å². The van der Waals surface area contributed by atoms with Gasteiger partial charge in [0.2, 0.25) is 0 Å². The van der Waals surface area contributed by atoms with Crippen molar-refractivity contribution in [1.82, 2.24) is 9.80 Å². The Balaban J connectivity index is 2.47. The lowest BCUT2D eigenvalue weighted by atomic mass is 10.1. The van der Waals surface area contributed by atoms with E-state index in [2.05, 4.69) is 0 Å². The molecule has 0 aliphatic carbocycles. The smallest absolute Gasteiger partial charge is 0.344 e. The summed E-state index contributed by atoms with van der Waals surface area (Å²) in [5.74, 6) is -1.80. The van der Waals surface area contributed by atoms with Crippen LogP contribution in [0.1, 0.15) is 26.3 Å². The van der Waals surface area contributed by atoms with Crippen LogP contribution in [0.25, 0.3) is 6.08 Å². The summed E-state index contributed by atoms with van der Waals surface area (Å²) in [6.07, 6.45) is 0.348. The van der Waals surface area contributed by atoms with Gasteiger partial charge in [-0.25, -0.2) is 4.79 Å². The van der Waals surface area contributed by atoms with Crippen molar-refractivity contribution >= 4 is 41.2 Å². The number of thiocarbonyl (C=S) groups is 1. The highest BCUT2D eigenvalue weighted by atomic mass is 32.1. The Hall–Kier alpha value is -2.74. The summed E-state index contributed by atoms with van der Waals surface area (Å²) in [7, 11) is 0. The summed E-state index contributed by atoms with van der Waals surface area (Å²) in [4.78, 5) is 39.1. The predicted octanol–water partition coefficient (Wildman–Crippen LogP) is 1.92. The van der Waals surface area contributed by atoms with E-state index in [-0.39, 0.29) is 16.4 Å². The molecule has 0 saturated carbocycles. The summed E-state index contributed by atoms with van der Waals surface area (Å²) in [6.45, 7) is 5.63. The number of benzene rings is 1. The van der Waals surface area contributed by atoms with Gasteiger partial charge in [-0.2, -0.15) is 0 Å². The zero-order chi connectivity index (χ0) is 19.4. The maximum atomic E-state index is 12.7. The fraction of sp³-hybridized carbons (Fsp3) is 0.333. The number of likely N-dealkylation sites (N-methyl/N-ethyl adjacent to an activating group) is 2. The molecule has 1 aromatic rings. The number of para-hydroxylation sites is 1. The second-order valence-electron chi connectivity index (χ2n) is 5.58. The van der Waals surface area contributed by atoms with Gasteiger partial charge in [-0.3, -0.25) is 19.4 Å². The molecule has 0 unspecified atom stereocenters. The highest BCUT2D eigenvalue weighted by molar-refractivity contribution is 7.80. The lowest BCUT2D eigenvalue weighted by Gasteiger charge is -2.35. The van der Waals surface area contributed by atoms with Gasteiger partial charge in [-0.15, -0.1) is 0 Å². The summed E-state index contributed by atoms with van der Waals surface area (Å²) in [6, 6.07) is 6.63. The second-order valence-corrected chi connectivity index (χ2v) is 5.94. The molecule has 7 nitrogen and oxygen atoms in total. The van der Waals surface area contributed by atoms with Crippen LogP contribution in [0.2, 0.25) is 0 Å². The molecule has 1 N–H and O–H groups in total. The molecule has 0 aromatic heterocycles. The summed E-state index contributed by atoms with van der Waals surface area (Å²) >= 11 is 5.22. The Morgan fingerprint density at radius 2 is 1.73 bits per heavy atom. The van der Waals surface area contributed by atoms with E-state index < -0.39 is 23.9 Å². The molecule has 1 aromatic carbocycles. The van der Waals surface area contributed by atoms with E-state index >= 15 is 0 Å². The van der Waals surface area contributed by atoms with Crippen LogP contribution in [0, 0.1) is 0 Å². The van der Waals surface area contributed by atoms with Gasteiger partial charge in [-0.05, 0) is 45.1 Å². The normalized spacial score (nSPS) is 16.0. The number of carbonyl (C=O) groups is 3. The summed E-state index contributed by atoms with van der Waals surface area (Å²) in [5.41, 5.74) is 0.401. The Labute approximate surface area is 156 Å². The van der Waals surface area contributed by atoms with Gasteiger partial charge in [0.05, 0.1) is 0 Å². The van der Waals surface area contributed by atoms with Crippen LogP contribution in [-0.4, -0.2) is 57.0 Å². The molecule has 2 rings (SSSR count). The fourth-order valence-electron chi connectivity index (χ4n) is 2.49. The molecule has 138 valence electrons. The van der Waals surface area contributed by atoms with E-state index in [1.165, 1.54) is 22.8 Å². The van der Waals surface area contributed by atoms with E-state index in [9.17, 15) is 14.4 Å². The zero-order valence-corrected chi connectivity index (χ0v) is 15.6. The first kappa shape index (κ1) is 19.6. The lowest BCUT2D eigenvalue weighted by molar-refractivity contribution is -0.144. The number of rotatable bonds is 6. The number of carboxylic acid groups (broad SMARTS) is 1. The Morgan fingerprint density at radius 3 is 2.23 bits per heavy atom. The predicted molar refractivity (Wildman–Crippen MR) is 99.5 cm³/mol. The Bertz CT molecular complexity index is 762. The minimum Gasteiger partial charge on any atom is -0.479 e. The molecular formula is C18H20N2O5S. The summed E-state index contributed by atoms with van der Waals surface area (Å²) in [5, 5.41) is 9.21. The van der Waals surface area contributed by atoms with Crippen molar-refractivity contribution in [2.24, 2.45) is 0 Å². The molecule has 1 aliphatic heterocycles. The average molecular weight is 376 g/mol. The van der Waals surface area contributed by atoms with Crippen molar-refractivity contribution in [2.75, 3.05) is 13.1 Å². The zero-order valence-electron chi connectivity index (χ0n) is 14.8. The molecule has 1 saturated heterocycles. The monoisotopic (exact) mass is 376 g/mol. The third kappa shape index (κ3) is 3.75. The number of hydrogen-bond acceptors (Lipinski definition) is 5. The van der Waals surface area contributed by atoms with Crippen LogP contribution < -0.4 is 4.74 Å². The van der Waals surface area contributed by atoms with Crippen LogP contribution in [0.4, 0.5) is 0 Å². The molecule has 0 radical (unpaired) electrons. The van der Waals surface area contributed by atoms with Gasteiger partial charge in [0.25, 0.3) is 11.8 Å². The average Bonchev–Trinajstić information content (AvgIpc) is 2.60. The van der Waals surface area contributed by atoms with Crippen LogP contribution in [0.3, 0.4) is 0 Å². The van der Waals surface area contributed by atoms with E-state index in [0.29, 0.717) is 18.7 Å². The van der Waals surface area contributed by atoms with Gasteiger partial charge < -0.3 is 9.84 Å². The van der Waals surface area contributed by atoms with Gasteiger partial charge in [-0.1, -0.05) is 18.2 Å². The fourth-order valence-corrected chi connectivity index (χ4v) is 2.91. The Morgan fingerprint density at radius 1 is 1.19 bits per heavy atom. The number of carbonyl (C=O) groups excluding carboxylic acids is 2. The third-order valence-corrected chi connectivity index (χ3v) is 4.36. The molecule has 26 heavy (non-hydrogen) atoms. The SMILES string of the molecule is CCN1C(=O)C(=Cc2ccccc2O[C@@H](C)C(=O)O)C(=O)N(CC)C1=S. The minimum absolute atomic E-state index is 0.0404. The van der Waals surface area contributed by atoms with Crippen molar-refractivity contribution in [3.63, 3.8) is 0 Å². The first-order chi connectivity index (χ1) is 12.3. The first-order valence-corrected chi connectivity index (χ1v) is 8.60. The quantitative estimate of drug-likeness (QED) is 0.464. The van der Waals surface area contributed by atoms with Crippen molar-refractivity contribution in [3.05, 3.63) is 35.4 Å². The van der Waals surface area contributed by atoms with E-state index in [1.54, 1.807) is 38.1 Å². The number of aliphatic carboxylic acids is 1. The van der Waals surface area contributed by atoms with Gasteiger partial charge in [0, 0.05) is 18.7 Å². The van der Waals surface area contributed by atoms with E-state index in [1.807, 2.05) is 0 Å². The van der Waals surface area contributed by atoms with E-state index in [4.69, 9.17) is 22.1 Å². The molecule has 1 fully saturated rings.